The zero-order valence-electron chi connectivity index (χ0n) is 10.3. The summed E-state index contributed by atoms with van der Waals surface area (Å²) in [6, 6.07) is 7.84. The zero-order chi connectivity index (χ0) is 14.0. The summed E-state index contributed by atoms with van der Waals surface area (Å²) in [4.78, 5) is 11.8. The molecule has 1 aliphatic rings. The fraction of sp³-hybridized carbons (Fsp3) is 0.462. The van der Waals surface area contributed by atoms with Crippen molar-refractivity contribution in [1.82, 2.24) is 0 Å². The Bertz CT molecular complexity index is 449. The second-order valence-electron chi connectivity index (χ2n) is 4.30. The molecule has 1 heterocycles. The van der Waals surface area contributed by atoms with E-state index in [0.717, 1.165) is 0 Å². The van der Waals surface area contributed by atoms with Gasteiger partial charge in [-0.2, -0.15) is 8.78 Å². The number of hydrogen-bond acceptors (Lipinski definition) is 4. The molecular weight excluding hydrogens is 258 g/mol. The number of ether oxygens (including phenoxy) is 2. The van der Waals surface area contributed by atoms with E-state index in [1.54, 1.807) is 25.1 Å². The van der Waals surface area contributed by atoms with Crippen LogP contribution in [-0.2, 0) is 9.47 Å². The summed E-state index contributed by atoms with van der Waals surface area (Å²) in [6.07, 6.45) is -4.83. The van der Waals surface area contributed by atoms with Crippen LogP contribution in [0.5, 0.6) is 0 Å². The van der Waals surface area contributed by atoms with Gasteiger partial charge in [0.15, 0.2) is 6.10 Å². The summed E-state index contributed by atoms with van der Waals surface area (Å²) in [6.45, 7) is 1.61. The largest absolute Gasteiger partial charge is 0.449 e. The summed E-state index contributed by atoms with van der Waals surface area (Å²) in [5.74, 6) is -4.47. The molecule has 0 bridgehead atoms. The van der Waals surface area contributed by atoms with Gasteiger partial charge in [0.05, 0.1) is 5.56 Å². The van der Waals surface area contributed by atoms with Crippen molar-refractivity contribution >= 4 is 5.97 Å². The van der Waals surface area contributed by atoms with E-state index in [9.17, 15) is 13.6 Å². The van der Waals surface area contributed by atoms with Crippen molar-refractivity contribution in [3.63, 3.8) is 0 Å². The molecule has 3 atom stereocenters. The number of aliphatic hydroxyl groups excluding tert-OH is 1. The van der Waals surface area contributed by atoms with Crippen molar-refractivity contribution in [3.05, 3.63) is 35.9 Å². The smallest absolute Gasteiger partial charge is 0.338 e. The fourth-order valence-corrected chi connectivity index (χ4v) is 1.94. The summed E-state index contributed by atoms with van der Waals surface area (Å²) in [5.41, 5.74) is 0.176. The molecule has 0 saturated carbocycles. The first-order valence-corrected chi connectivity index (χ1v) is 5.94. The highest BCUT2D eigenvalue weighted by molar-refractivity contribution is 5.89. The standard InChI is InChI=1S/C13H14F2O4/c1-2-9-10(13(14,15)12(17)18-9)19-11(16)8-6-4-3-5-7-8/h3-7,9-10,12,17H,2H2,1H3/t9-,10-,12?/m1/s1. The van der Waals surface area contributed by atoms with Crippen molar-refractivity contribution in [2.24, 2.45) is 0 Å². The van der Waals surface area contributed by atoms with Gasteiger partial charge in [-0.25, -0.2) is 4.79 Å². The third-order valence-corrected chi connectivity index (χ3v) is 3.00. The highest BCUT2D eigenvalue weighted by Gasteiger charge is 2.60. The number of aliphatic hydroxyl groups is 1. The number of esters is 1. The maximum atomic E-state index is 13.7. The van der Waals surface area contributed by atoms with Crippen LogP contribution >= 0.6 is 0 Å². The summed E-state index contributed by atoms with van der Waals surface area (Å²) in [7, 11) is 0. The maximum Gasteiger partial charge on any atom is 0.338 e. The number of carbonyl (C=O) groups excluding carboxylic acids is 1. The van der Waals surface area contributed by atoms with E-state index in [1.807, 2.05) is 0 Å². The Morgan fingerprint density at radius 3 is 2.63 bits per heavy atom. The van der Waals surface area contributed by atoms with E-state index < -0.39 is 30.4 Å². The molecule has 0 aromatic heterocycles. The van der Waals surface area contributed by atoms with Gasteiger partial charge in [0, 0.05) is 0 Å². The zero-order valence-corrected chi connectivity index (χ0v) is 10.3. The van der Waals surface area contributed by atoms with Gasteiger partial charge in [-0.3, -0.25) is 0 Å². The van der Waals surface area contributed by atoms with Gasteiger partial charge in [-0.05, 0) is 18.6 Å². The number of benzene rings is 1. The topological polar surface area (TPSA) is 55.8 Å². The fourth-order valence-electron chi connectivity index (χ4n) is 1.94. The Kier molecular flexibility index (Phi) is 3.82. The van der Waals surface area contributed by atoms with E-state index in [1.165, 1.54) is 12.1 Å². The lowest BCUT2D eigenvalue weighted by Crippen LogP contribution is -2.43. The van der Waals surface area contributed by atoms with Crippen molar-refractivity contribution in [3.8, 4) is 0 Å². The Labute approximate surface area is 108 Å². The van der Waals surface area contributed by atoms with Gasteiger partial charge in [0.1, 0.15) is 6.10 Å². The van der Waals surface area contributed by atoms with Crippen molar-refractivity contribution in [1.29, 1.82) is 0 Å². The molecule has 6 heteroatoms. The Morgan fingerprint density at radius 2 is 2.05 bits per heavy atom. The molecule has 1 aromatic carbocycles. The van der Waals surface area contributed by atoms with Gasteiger partial charge in [-0.15, -0.1) is 0 Å². The van der Waals surface area contributed by atoms with Crippen LogP contribution in [0.3, 0.4) is 0 Å². The monoisotopic (exact) mass is 272 g/mol. The lowest BCUT2D eigenvalue weighted by atomic mass is 10.1. The molecule has 0 radical (unpaired) electrons. The number of carbonyl (C=O) groups is 1. The average molecular weight is 272 g/mol. The minimum Gasteiger partial charge on any atom is -0.449 e. The molecule has 104 valence electrons. The van der Waals surface area contributed by atoms with E-state index in [0.29, 0.717) is 0 Å². The number of rotatable bonds is 3. The van der Waals surface area contributed by atoms with Crippen LogP contribution in [0.4, 0.5) is 8.78 Å². The SMILES string of the molecule is CC[C@H]1OC(O)C(F)(F)[C@@H]1OC(=O)c1ccccc1. The summed E-state index contributed by atoms with van der Waals surface area (Å²) < 4.78 is 36.8. The lowest BCUT2D eigenvalue weighted by Gasteiger charge is -2.22. The predicted octanol–water partition coefficient (Wildman–Crippen LogP) is 1.97. The summed E-state index contributed by atoms with van der Waals surface area (Å²) in [5, 5.41) is 9.15. The normalized spacial score (nSPS) is 29.2. The van der Waals surface area contributed by atoms with Crippen LogP contribution in [0, 0.1) is 0 Å². The molecule has 1 fully saturated rings. The molecule has 19 heavy (non-hydrogen) atoms. The van der Waals surface area contributed by atoms with E-state index in [4.69, 9.17) is 14.6 Å². The van der Waals surface area contributed by atoms with Crippen LogP contribution in [0.25, 0.3) is 0 Å². The molecular formula is C13H14F2O4. The van der Waals surface area contributed by atoms with Crippen molar-refractivity contribution in [2.45, 2.75) is 37.8 Å². The second kappa shape index (κ2) is 5.22. The molecule has 0 aliphatic carbocycles. The molecule has 0 spiro atoms. The minimum atomic E-state index is -3.61. The third-order valence-electron chi connectivity index (χ3n) is 3.00. The second-order valence-corrected chi connectivity index (χ2v) is 4.30. The van der Waals surface area contributed by atoms with Crippen LogP contribution < -0.4 is 0 Å². The average Bonchev–Trinajstić information content (AvgIpc) is 2.63. The molecule has 0 amide bonds. The molecule has 2 rings (SSSR count). The number of alkyl halides is 2. The highest BCUT2D eigenvalue weighted by atomic mass is 19.3. The first kappa shape index (κ1) is 13.9. The molecule has 4 nitrogen and oxygen atoms in total. The van der Waals surface area contributed by atoms with Crippen LogP contribution in [-0.4, -0.2) is 35.5 Å². The van der Waals surface area contributed by atoms with Crippen LogP contribution in [0.1, 0.15) is 23.7 Å². The number of halogens is 2. The Hall–Kier alpha value is -1.53. The van der Waals surface area contributed by atoms with Gasteiger partial charge in [0.2, 0.25) is 6.29 Å². The minimum absolute atomic E-state index is 0.176. The van der Waals surface area contributed by atoms with Crippen molar-refractivity contribution < 1.29 is 28.2 Å². The molecule has 1 N–H and O–H groups in total. The first-order chi connectivity index (χ1) is 8.96. The van der Waals surface area contributed by atoms with Gasteiger partial charge in [0.25, 0.3) is 0 Å². The quantitative estimate of drug-likeness (QED) is 0.855. The maximum absolute atomic E-state index is 13.7. The Morgan fingerprint density at radius 1 is 1.42 bits per heavy atom. The molecule has 1 aromatic rings. The first-order valence-electron chi connectivity index (χ1n) is 5.94. The third kappa shape index (κ3) is 2.59. The van der Waals surface area contributed by atoms with Gasteiger partial charge in [-0.1, -0.05) is 25.1 Å². The lowest BCUT2D eigenvalue weighted by molar-refractivity contribution is -0.198. The van der Waals surface area contributed by atoms with E-state index in [2.05, 4.69) is 0 Å². The van der Waals surface area contributed by atoms with Crippen molar-refractivity contribution in [2.75, 3.05) is 0 Å². The van der Waals surface area contributed by atoms with Crippen LogP contribution in [0.15, 0.2) is 30.3 Å². The molecule has 1 saturated heterocycles. The van der Waals surface area contributed by atoms with Gasteiger partial charge < -0.3 is 14.6 Å². The predicted molar refractivity (Wildman–Crippen MR) is 61.8 cm³/mol. The van der Waals surface area contributed by atoms with E-state index >= 15 is 0 Å². The number of hydrogen-bond donors (Lipinski definition) is 1. The van der Waals surface area contributed by atoms with Gasteiger partial charge >= 0.3 is 11.9 Å². The van der Waals surface area contributed by atoms with Crippen LogP contribution in [0.2, 0.25) is 0 Å². The van der Waals surface area contributed by atoms with E-state index in [-0.39, 0.29) is 12.0 Å². The molecule has 1 unspecified atom stereocenters. The Balaban J connectivity index is 2.15. The summed E-state index contributed by atoms with van der Waals surface area (Å²) >= 11 is 0. The molecule has 1 aliphatic heterocycles. The highest BCUT2D eigenvalue weighted by Crippen LogP contribution is 2.38.